The average molecular weight is 1590 g/mol. The molecule has 0 bridgehead atoms. The number of anilines is 1. The predicted octanol–water partition coefficient (Wildman–Crippen LogP) is 12.5. The number of ether oxygens (including phenoxy) is 18. The molecule has 0 aromatic heterocycles. The van der Waals surface area contributed by atoms with Crippen LogP contribution in [0.4, 0.5) is 5.69 Å². The molecule has 0 saturated heterocycles. The average Bonchev–Trinajstić information content (AvgIpc) is 0.680. The van der Waals surface area contributed by atoms with Gasteiger partial charge in [-0.1, -0.05) is 104 Å². The number of fused-ring (bicyclic) bond motifs is 2. The number of methoxy groups -OCH3 is 1. The van der Waals surface area contributed by atoms with Gasteiger partial charge in [0, 0.05) is 91.4 Å². The molecule has 26 heteroatoms. The number of carbonyl (C=O) groups is 5. The van der Waals surface area contributed by atoms with Gasteiger partial charge < -0.3 is 90.6 Å². The number of hydrogen-bond donors (Lipinski definition) is 1. The molecule has 630 valence electrons. The van der Waals surface area contributed by atoms with E-state index in [0.717, 1.165) is 19.3 Å². The summed E-state index contributed by atoms with van der Waals surface area (Å²) in [6.07, 6.45) is 12.0. The maximum atomic E-state index is 15.0. The standard InChI is InChI=1S/C88H125N3O23/c1-7-12-13-14-15-16-17-18-19-78(92)89-68-24-21-66(22-25-68)20-23-67-64-75-80-73(85(93)90(87(75)95)69(8-2)9-3)29-27-72-82-77(65-76-81-74(28-26-71(84(81)82)79(67)83(72)80)86(94)91(88(76)96)70(10-4)11-5)114-63-62-113-61-60-112-59-58-111-57-56-110-55-54-109-53-52-108-51-50-107-49-48-106-47-46-105-45-44-104-43-42-103-41-40-102-39-38-101-37-36-100-35-34-99-33-32-98-31-30-97-6/h21-22,24-29,64-65,69-70H,7-19,30-63H2,1-6H3,(H,89,92). The summed E-state index contributed by atoms with van der Waals surface area (Å²) in [5.41, 5.74) is 3.36. The largest absolute Gasteiger partial charge is 0.490 e. The fraction of sp³-hybridized carbons (Fsp3) is 0.625. The second-order valence-electron chi connectivity index (χ2n) is 27.6. The number of nitrogens with one attached hydrogen (secondary N) is 1. The Hall–Kier alpha value is -6.95. The van der Waals surface area contributed by atoms with Gasteiger partial charge >= 0.3 is 0 Å². The first-order chi connectivity index (χ1) is 56.1. The molecule has 0 fully saturated rings. The summed E-state index contributed by atoms with van der Waals surface area (Å²) >= 11 is 0. The summed E-state index contributed by atoms with van der Waals surface area (Å²) in [6.45, 7) is 25.1. The second-order valence-corrected chi connectivity index (χ2v) is 27.6. The summed E-state index contributed by atoms with van der Waals surface area (Å²) in [6, 6.07) is 17.7. The Kier molecular flexibility index (Phi) is 44.5. The third kappa shape index (κ3) is 29.3. The van der Waals surface area contributed by atoms with Crippen molar-refractivity contribution < 1.29 is 109 Å². The lowest BCUT2D eigenvalue weighted by Crippen LogP contribution is -2.46. The van der Waals surface area contributed by atoms with Crippen LogP contribution in [0.2, 0.25) is 0 Å². The quantitative estimate of drug-likeness (QED) is 0.0122. The lowest BCUT2D eigenvalue weighted by atomic mass is 9.80. The predicted molar refractivity (Wildman–Crippen MR) is 436 cm³/mol. The van der Waals surface area contributed by atoms with E-state index in [4.69, 9.17) is 85.3 Å². The highest BCUT2D eigenvalue weighted by Gasteiger charge is 2.41. The highest BCUT2D eigenvalue weighted by Crippen LogP contribution is 2.51. The number of benzene rings is 6. The summed E-state index contributed by atoms with van der Waals surface area (Å²) in [4.78, 5) is 75.2. The van der Waals surface area contributed by atoms with Crippen LogP contribution in [0.25, 0.3) is 43.1 Å². The Balaban J connectivity index is 0.697. The Morgan fingerprint density at radius 1 is 0.333 bits per heavy atom. The van der Waals surface area contributed by atoms with Crippen LogP contribution in [0.5, 0.6) is 5.75 Å². The Morgan fingerprint density at radius 3 is 1.01 bits per heavy atom. The highest BCUT2D eigenvalue weighted by atomic mass is 16.6. The molecule has 1 N–H and O–H groups in total. The van der Waals surface area contributed by atoms with E-state index >= 15 is 4.79 Å². The lowest BCUT2D eigenvalue weighted by Gasteiger charge is -2.35. The zero-order chi connectivity index (χ0) is 80.6. The molecule has 0 unspecified atom stereocenters. The zero-order valence-corrected chi connectivity index (χ0v) is 68.4. The second kappa shape index (κ2) is 54.9. The molecule has 26 nitrogen and oxygen atoms in total. The maximum absolute atomic E-state index is 15.0. The van der Waals surface area contributed by atoms with Gasteiger partial charge in [0.05, 0.1) is 224 Å². The van der Waals surface area contributed by atoms with Crippen LogP contribution in [0.3, 0.4) is 0 Å². The van der Waals surface area contributed by atoms with Crippen LogP contribution >= 0.6 is 0 Å². The molecule has 2 aliphatic heterocycles. The Morgan fingerprint density at radius 2 is 0.649 bits per heavy atom. The molecule has 114 heavy (non-hydrogen) atoms. The number of imide groups is 2. The molecule has 2 aliphatic rings. The van der Waals surface area contributed by atoms with Crippen molar-refractivity contribution in [1.82, 2.24) is 9.80 Å². The molecule has 8 rings (SSSR count). The summed E-state index contributed by atoms with van der Waals surface area (Å²) in [5.74, 6) is 5.63. The van der Waals surface area contributed by atoms with E-state index in [1.165, 1.54) is 41.9 Å². The van der Waals surface area contributed by atoms with Crippen LogP contribution in [0.15, 0.2) is 60.7 Å². The van der Waals surface area contributed by atoms with Gasteiger partial charge in [0.25, 0.3) is 23.6 Å². The first-order valence-corrected chi connectivity index (χ1v) is 41.4. The van der Waals surface area contributed by atoms with E-state index in [-0.39, 0.29) is 49.6 Å². The van der Waals surface area contributed by atoms with Crippen molar-refractivity contribution in [2.75, 3.05) is 237 Å². The smallest absolute Gasteiger partial charge is 0.261 e. The highest BCUT2D eigenvalue weighted by molar-refractivity contribution is 6.43. The van der Waals surface area contributed by atoms with E-state index < -0.39 is 11.8 Å². The third-order valence-corrected chi connectivity index (χ3v) is 19.7. The van der Waals surface area contributed by atoms with Gasteiger partial charge in [0.15, 0.2) is 0 Å². The van der Waals surface area contributed by atoms with Crippen LogP contribution in [-0.2, 0) is 85.3 Å². The van der Waals surface area contributed by atoms with Crippen molar-refractivity contribution in [3.8, 4) is 17.6 Å². The third-order valence-electron chi connectivity index (χ3n) is 19.7. The fourth-order valence-corrected chi connectivity index (χ4v) is 13.8. The molecule has 6 aromatic carbocycles. The number of amides is 5. The molecule has 0 aliphatic carbocycles. The molecule has 0 spiro atoms. The van der Waals surface area contributed by atoms with E-state index in [9.17, 15) is 19.2 Å². The first kappa shape index (κ1) is 92.6. The van der Waals surface area contributed by atoms with Crippen LogP contribution in [0.1, 0.15) is 171 Å². The van der Waals surface area contributed by atoms with E-state index in [2.05, 4.69) is 24.1 Å². The lowest BCUT2D eigenvalue weighted by molar-refractivity contribution is -0.116. The summed E-state index contributed by atoms with van der Waals surface area (Å²) < 4.78 is 101. The molecular formula is C88H125N3O23. The van der Waals surface area contributed by atoms with Crippen molar-refractivity contribution in [2.24, 2.45) is 0 Å². The SMILES string of the molecule is CCCCCCCCCCC(=O)Nc1ccc(C#Cc2cc3c4c(ccc5c6c(OCCOCCOCCOCCOCCOCCOCCOCCOCCOCCOCCOCCOCCOCCOCCOCCOCCOC)cc7c8c(ccc(c2c45)c86)C(=O)N(C(CC)CC)C7=O)C(=O)N(C(CC)CC)C3=O)cc1. The first-order valence-electron chi connectivity index (χ1n) is 41.4. The number of rotatable bonds is 68. The van der Waals surface area contributed by atoms with Crippen molar-refractivity contribution in [3.63, 3.8) is 0 Å². The van der Waals surface area contributed by atoms with Gasteiger partial charge in [0.2, 0.25) is 5.91 Å². The molecular weight excluding hydrogens is 1470 g/mol. The normalized spacial score (nSPS) is 12.9. The van der Waals surface area contributed by atoms with E-state index in [0.29, 0.717) is 325 Å². The minimum Gasteiger partial charge on any atom is -0.490 e. The van der Waals surface area contributed by atoms with Crippen LogP contribution in [0, 0.1) is 11.8 Å². The van der Waals surface area contributed by atoms with Gasteiger partial charge in [-0.25, -0.2) is 0 Å². The zero-order valence-electron chi connectivity index (χ0n) is 68.4. The van der Waals surface area contributed by atoms with Gasteiger partial charge in [-0.05, 0) is 91.4 Å². The van der Waals surface area contributed by atoms with Crippen LogP contribution in [-0.4, -0.2) is 283 Å². The minimum absolute atomic E-state index is 0.0270. The van der Waals surface area contributed by atoms with Crippen molar-refractivity contribution in [3.05, 3.63) is 94.0 Å². The van der Waals surface area contributed by atoms with Crippen molar-refractivity contribution in [2.45, 2.75) is 130 Å². The monoisotopic (exact) mass is 1590 g/mol. The van der Waals surface area contributed by atoms with Gasteiger partial charge in [-0.3, -0.25) is 33.8 Å². The summed E-state index contributed by atoms with van der Waals surface area (Å²) in [7, 11) is 1.64. The van der Waals surface area contributed by atoms with Gasteiger partial charge in [-0.2, -0.15) is 0 Å². The molecule has 5 amide bonds. The molecule has 6 aromatic rings. The van der Waals surface area contributed by atoms with E-state index in [1.807, 2.05) is 64.1 Å². The maximum Gasteiger partial charge on any atom is 0.261 e. The number of nitrogens with zero attached hydrogens (tertiary/aromatic N) is 2. The molecule has 0 atom stereocenters. The van der Waals surface area contributed by atoms with Crippen LogP contribution < -0.4 is 10.1 Å². The van der Waals surface area contributed by atoms with Gasteiger partial charge in [-0.15, -0.1) is 0 Å². The Labute approximate surface area is 673 Å². The van der Waals surface area contributed by atoms with Gasteiger partial charge in [0.1, 0.15) is 12.4 Å². The number of unbranched alkanes of at least 4 members (excludes halogenated alkanes) is 7. The minimum atomic E-state index is -0.410. The number of hydrogen-bond acceptors (Lipinski definition) is 23. The van der Waals surface area contributed by atoms with Crippen molar-refractivity contribution >= 4 is 78.3 Å². The molecule has 0 saturated carbocycles. The number of carbonyl (C=O) groups excluding carboxylic acids is 5. The Bertz CT molecular complexity index is 3860. The van der Waals surface area contributed by atoms with Crippen molar-refractivity contribution in [1.29, 1.82) is 0 Å². The topological polar surface area (TPSA) is 270 Å². The summed E-state index contributed by atoms with van der Waals surface area (Å²) in [5, 5.41) is 8.01. The molecule has 0 radical (unpaired) electrons. The fourth-order valence-electron chi connectivity index (χ4n) is 13.8. The van der Waals surface area contributed by atoms with E-state index in [1.54, 1.807) is 31.4 Å². The molecule has 2 heterocycles.